The fraction of sp³-hybridized carbons (Fsp3) is 0.350. The lowest BCUT2D eigenvalue weighted by molar-refractivity contribution is 0.236. The number of hydrogen-bond donors (Lipinski definition) is 2. The summed E-state index contributed by atoms with van der Waals surface area (Å²) in [5.41, 5.74) is 1.78. The molecule has 1 atom stereocenters. The fourth-order valence-electron chi connectivity index (χ4n) is 2.65. The van der Waals surface area contributed by atoms with Crippen LogP contribution >= 0.6 is 0 Å². The number of hydrogen-bond acceptors (Lipinski definition) is 3. The highest BCUT2D eigenvalue weighted by atomic mass is 32.2. The van der Waals surface area contributed by atoms with E-state index in [-0.39, 0.29) is 23.5 Å². The van der Waals surface area contributed by atoms with Gasteiger partial charge in [-0.15, -0.1) is 0 Å². The smallest absolute Gasteiger partial charge is 0.315 e. The SMILES string of the molecule is CC(CCc1ccccc1)NC(=O)NCc1ccccc1S(=O)(=O)N(C)C. The number of rotatable bonds is 8. The molecule has 0 heterocycles. The Morgan fingerprint density at radius 3 is 2.33 bits per heavy atom. The van der Waals surface area contributed by atoms with Gasteiger partial charge in [0.05, 0.1) is 4.90 Å². The molecule has 2 aromatic rings. The van der Waals surface area contributed by atoms with E-state index in [9.17, 15) is 13.2 Å². The number of carbonyl (C=O) groups excluding carboxylic acids is 1. The molecule has 7 heteroatoms. The lowest BCUT2D eigenvalue weighted by Crippen LogP contribution is -2.40. The molecule has 0 aliphatic carbocycles. The van der Waals surface area contributed by atoms with E-state index in [0.29, 0.717) is 5.56 Å². The van der Waals surface area contributed by atoms with Crippen LogP contribution in [0.2, 0.25) is 0 Å². The van der Waals surface area contributed by atoms with Crippen molar-refractivity contribution >= 4 is 16.1 Å². The Hall–Kier alpha value is -2.38. The van der Waals surface area contributed by atoms with Gasteiger partial charge in [-0.25, -0.2) is 17.5 Å². The number of aryl methyl sites for hydroxylation is 1. The summed E-state index contributed by atoms with van der Waals surface area (Å²) in [5, 5.41) is 5.64. The molecule has 2 rings (SSSR count). The average Bonchev–Trinajstić information content (AvgIpc) is 2.65. The molecule has 27 heavy (non-hydrogen) atoms. The first kappa shape index (κ1) is 20.9. The van der Waals surface area contributed by atoms with E-state index in [1.165, 1.54) is 19.7 Å². The van der Waals surface area contributed by atoms with Gasteiger partial charge < -0.3 is 10.6 Å². The predicted molar refractivity (Wildman–Crippen MR) is 107 cm³/mol. The Balaban J connectivity index is 1.89. The van der Waals surface area contributed by atoms with Crippen molar-refractivity contribution in [1.82, 2.24) is 14.9 Å². The summed E-state index contributed by atoms with van der Waals surface area (Å²) in [7, 11) is -0.583. The van der Waals surface area contributed by atoms with Gasteiger partial charge in [0.1, 0.15) is 0 Å². The van der Waals surface area contributed by atoms with Crippen LogP contribution in [-0.2, 0) is 23.0 Å². The molecule has 0 fully saturated rings. The Morgan fingerprint density at radius 2 is 1.67 bits per heavy atom. The molecule has 6 nitrogen and oxygen atoms in total. The number of nitrogens with zero attached hydrogens (tertiary/aromatic N) is 1. The summed E-state index contributed by atoms with van der Waals surface area (Å²) >= 11 is 0. The van der Waals surface area contributed by atoms with Gasteiger partial charge in [-0.05, 0) is 37.0 Å². The molecule has 0 spiro atoms. The molecule has 2 aromatic carbocycles. The zero-order chi connectivity index (χ0) is 19.9. The Kier molecular flexibility index (Phi) is 7.38. The van der Waals surface area contributed by atoms with Crippen molar-refractivity contribution in [3.8, 4) is 0 Å². The number of carbonyl (C=O) groups is 1. The highest BCUT2D eigenvalue weighted by Crippen LogP contribution is 2.18. The van der Waals surface area contributed by atoms with Crippen molar-refractivity contribution in [2.45, 2.75) is 37.2 Å². The van der Waals surface area contributed by atoms with E-state index in [4.69, 9.17) is 0 Å². The zero-order valence-electron chi connectivity index (χ0n) is 16.0. The first-order valence-electron chi connectivity index (χ1n) is 8.89. The largest absolute Gasteiger partial charge is 0.336 e. The molecule has 0 aliphatic rings. The van der Waals surface area contributed by atoms with Crippen molar-refractivity contribution in [3.63, 3.8) is 0 Å². The van der Waals surface area contributed by atoms with Crippen molar-refractivity contribution in [3.05, 3.63) is 65.7 Å². The van der Waals surface area contributed by atoms with Crippen molar-refractivity contribution in [1.29, 1.82) is 0 Å². The maximum absolute atomic E-state index is 12.4. The van der Waals surface area contributed by atoms with Gasteiger partial charge in [0.25, 0.3) is 0 Å². The third-order valence-corrected chi connectivity index (χ3v) is 6.17. The molecular formula is C20H27N3O3S. The Morgan fingerprint density at radius 1 is 1.04 bits per heavy atom. The second kappa shape index (κ2) is 9.53. The number of urea groups is 1. The van der Waals surface area contributed by atoms with Crippen LogP contribution in [-0.4, -0.2) is 38.9 Å². The van der Waals surface area contributed by atoms with Crippen LogP contribution in [0, 0.1) is 0 Å². The second-order valence-corrected chi connectivity index (χ2v) is 8.77. The quantitative estimate of drug-likeness (QED) is 0.729. The summed E-state index contributed by atoms with van der Waals surface area (Å²) in [6.07, 6.45) is 1.70. The van der Waals surface area contributed by atoms with Gasteiger partial charge >= 0.3 is 6.03 Å². The van der Waals surface area contributed by atoms with E-state index in [0.717, 1.165) is 17.1 Å². The minimum Gasteiger partial charge on any atom is -0.336 e. The van der Waals surface area contributed by atoms with Crippen LogP contribution in [0.4, 0.5) is 4.79 Å². The van der Waals surface area contributed by atoms with Crippen LogP contribution in [0.25, 0.3) is 0 Å². The van der Waals surface area contributed by atoms with E-state index >= 15 is 0 Å². The van der Waals surface area contributed by atoms with E-state index in [1.807, 2.05) is 25.1 Å². The van der Waals surface area contributed by atoms with E-state index < -0.39 is 10.0 Å². The van der Waals surface area contributed by atoms with Crippen molar-refractivity contribution in [2.75, 3.05) is 14.1 Å². The zero-order valence-corrected chi connectivity index (χ0v) is 16.8. The average molecular weight is 390 g/mol. The van der Waals surface area contributed by atoms with Crippen molar-refractivity contribution < 1.29 is 13.2 Å². The van der Waals surface area contributed by atoms with Crippen LogP contribution in [0.5, 0.6) is 0 Å². The lowest BCUT2D eigenvalue weighted by atomic mass is 10.1. The lowest BCUT2D eigenvalue weighted by Gasteiger charge is -2.17. The van der Waals surface area contributed by atoms with Gasteiger partial charge in [0, 0.05) is 26.7 Å². The van der Waals surface area contributed by atoms with Crippen LogP contribution in [0.15, 0.2) is 59.5 Å². The summed E-state index contributed by atoms with van der Waals surface area (Å²) in [6, 6.07) is 16.5. The highest BCUT2D eigenvalue weighted by Gasteiger charge is 2.20. The van der Waals surface area contributed by atoms with Gasteiger partial charge in [0.2, 0.25) is 10.0 Å². The Bertz CT molecular complexity index is 852. The first-order chi connectivity index (χ1) is 12.8. The van der Waals surface area contributed by atoms with Gasteiger partial charge in [-0.2, -0.15) is 0 Å². The third-order valence-electron chi connectivity index (χ3n) is 4.26. The van der Waals surface area contributed by atoms with Crippen molar-refractivity contribution in [2.24, 2.45) is 0 Å². The fourth-order valence-corrected chi connectivity index (χ4v) is 3.76. The second-order valence-electron chi connectivity index (χ2n) is 6.65. The number of sulfonamides is 1. The molecule has 1 unspecified atom stereocenters. The highest BCUT2D eigenvalue weighted by molar-refractivity contribution is 7.89. The standard InChI is InChI=1S/C20H27N3O3S/c1-16(13-14-17-9-5-4-6-10-17)22-20(24)21-15-18-11-7-8-12-19(18)27(25,26)23(2)3/h4-12,16H,13-15H2,1-3H3,(H2,21,22,24). The molecule has 2 N–H and O–H groups in total. The molecule has 0 aliphatic heterocycles. The summed E-state index contributed by atoms with van der Waals surface area (Å²) in [5.74, 6) is 0. The summed E-state index contributed by atoms with van der Waals surface area (Å²) in [6.45, 7) is 2.09. The Labute approximate surface area is 161 Å². The van der Waals surface area contributed by atoms with Gasteiger partial charge in [-0.1, -0.05) is 48.5 Å². The first-order valence-corrected chi connectivity index (χ1v) is 10.3. The predicted octanol–water partition coefficient (Wildman–Crippen LogP) is 2.76. The maximum atomic E-state index is 12.4. The number of nitrogens with one attached hydrogen (secondary N) is 2. The monoisotopic (exact) mass is 389 g/mol. The summed E-state index contributed by atoms with van der Waals surface area (Å²) in [4.78, 5) is 12.4. The molecule has 2 amide bonds. The number of benzene rings is 2. The molecule has 0 saturated carbocycles. The molecule has 0 radical (unpaired) electrons. The normalized spacial score (nSPS) is 12.6. The topological polar surface area (TPSA) is 78.5 Å². The molecule has 146 valence electrons. The maximum Gasteiger partial charge on any atom is 0.315 e. The van der Waals surface area contributed by atoms with E-state index in [1.54, 1.807) is 24.3 Å². The van der Waals surface area contributed by atoms with Gasteiger partial charge in [0.15, 0.2) is 0 Å². The van der Waals surface area contributed by atoms with E-state index in [2.05, 4.69) is 22.8 Å². The van der Waals surface area contributed by atoms with Crippen LogP contribution in [0.3, 0.4) is 0 Å². The third kappa shape index (κ3) is 6.08. The molecule has 0 aromatic heterocycles. The molecular weight excluding hydrogens is 362 g/mol. The minimum absolute atomic E-state index is 0.00552. The summed E-state index contributed by atoms with van der Waals surface area (Å²) < 4.78 is 25.9. The minimum atomic E-state index is -3.56. The van der Waals surface area contributed by atoms with Crippen LogP contribution < -0.4 is 10.6 Å². The number of amides is 2. The molecule has 0 bridgehead atoms. The van der Waals surface area contributed by atoms with Crippen LogP contribution in [0.1, 0.15) is 24.5 Å². The van der Waals surface area contributed by atoms with Gasteiger partial charge in [-0.3, -0.25) is 0 Å². The molecule has 0 saturated heterocycles.